The lowest BCUT2D eigenvalue weighted by Crippen LogP contribution is -1.91. The second-order valence-corrected chi connectivity index (χ2v) is 6.37. The molecule has 0 radical (unpaired) electrons. The molecule has 2 aromatic carbocycles. The standard InChI is InChI=1S/C18H16N4O2S/c1-23-16-7-14-15(8-17(16)24-2)22-18(21-14)25-10-11-9-19-12-5-3-4-6-13(12)20-11/h3-9H,10H2,1-2H3,(H,21,22). The van der Waals surface area contributed by atoms with E-state index in [0.717, 1.165) is 32.9 Å². The third kappa shape index (κ3) is 3.10. The van der Waals surface area contributed by atoms with Gasteiger partial charge in [0.1, 0.15) is 0 Å². The summed E-state index contributed by atoms with van der Waals surface area (Å²) in [5.41, 5.74) is 4.47. The van der Waals surface area contributed by atoms with Crippen LogP contribution in [0.4, 0.5) is 0 Å². The number of imidazole rings is 1. The normalized spacial score (nSPS) is 11.1. The van der Waals surface area contributed by atoms with Gasteiger partial charge in [-0.3, -0.25) is 4.98 Å². The van der Waals surface area contributed by atoms with E-state index in [-0.39, 0.29) is 0 Å². The Morgan fingerprint density at radius 1 is 0.960 bits per heavy atom. The van der Waals surface area contributed by atoms with Crippen LogP contribution in [0.1, 0.15) is 5.69 Å². The topological polar surface area (TPSA) is 72.9 Å². The summed E-state index contributed by atoms with van der Waals surface area (Å²) in [6.07, 6.45) is 1.81. The van der Waals surface area contributed by atoms with Crippen molar-refractivity contribution in [1.82, 2.24) is 19.9 Å². The van der Waals surface area contributed by atoms with E-state index < -0.39 is 0 Å². The van der Waals surface area contributed by atoms with Crippen molar-refractivity contribution in [2.45, 2.75) is 10.9 Å². The maximum Gasteiger partial charge on any atom is 0.166 e. The zero-order valence-corrected chi connectivity index (χ0v) is 14.6. The molecule has 0 aliphatic rings. The average molecular weight is 352 g/mol. The maximum absolute atomic E-state index is 5.33. The minimum absolute atomic E-state index is 0.665. The van der Waals surface area contributed by atoms with E-state index in [1.165, 1.54) is 0 Å². The molecule has 6 nitrogen and oxygen atoms in total. The number of para-hydroxylation sites is 2. The van der Waals surface area contributed by atoms with Crippen LogP contribution in [0.25, 0.3) is 22.1 Å². The molecule has 0 atom stereocenters. The van der Waals surface area contributed by atoms with E-state index >= 15 is 0 Å². The van der Waals surface area contributed by atoms with Crippen LogP contribution >= 0.6 is 11.8 Å². The Kier molecular flexibility index (Phi) is 4.15. The monoisotopic (exact) mass is 352 g/mol. The van der Waals surface area contributed by atoms with Gasteiger partial charge in [-0.05, 0) is 12.1 Å². The fourth-order valence-corrected chi connectivity index (χ4v) is 3.36. The molecule has 1 N–H and O–H groups in total. The van der Waals surface area contributed by atoms with Gasteiger partial charge in [0, 0.05) is 24.1 Å². The number of benzene rings is 2. The van der Waals surface area contributed by atoms with E-state index in [2.05, 4.69) is 19.9 Å². The number of ether oxygens (including phenoxy) is 2. The zero-order chi connectivity index (χ0) is 17.2. The Hall–Kier alpha value is -2.80. The highest BCUT2D eigenvalue weighted by molar-refractivity contribution is 7.98. The lowest BCUT2D eigenvalue weighted by molar-refractivity contribution is 0.356. The SMILES string of the molecule is COc1cc2nc(SCc3cnc4ccccc4n3)[nH]c2cc1OC. The van der Waals surface area contributed by atoms with Crippen LogP contribution in [-0.4, -0.2) is 34.2 Å². The number of methoxy groups -OCH3 is 2. The van der Waals surface area contributed by atoms with E-state index in [1.54, 1.807) is 26.0 Å². The van der Waals surface area contributed by atoms with Gasteiger partial charge in [-0.25, -0.2) is 9.97 Å². The smallest absolute Gasteiger partial charge is 0.166 e. The number of fused-ring (bicyclic) bond motifs is 2. The number of H-pyrrole nitrogens is 1. The Bertz CT molecular complexity index is 1010. The van der Waals surface area contributed by atoms with Crippen LogP contribution in [0.3, 0.4) is 0 Å². The quantitative estimate of drug-likeness (QED) is 0.551. The molecule has 4 rings (SSSR count). The van der Waals surface area contributed by atoms with Gasteiger partial charge in [0.2, 0.25) is 0 Å². The first kappa shape index (κ1) is 15.7. The third-order valence-electron chi connectivity index (χ3n) is 3.82. The number of nitrogens with zero attached hydrogens (tertiary/aromatic N) is 3. The molecule has 0 fully saturated rings. The number of aromatic nitrogens is 4. The van der Waals surface area contributed by atoms with Crippen molar-refractivity contribution < 1.29 is 9.47 Å². The van der Waals surface area contributed by atoms with Gasteiger partial charge in [0.25, 0.3) is 0 Å². The summed E-state index contributed by atoms with van der Waals surface area (Å²) in [5, 5.41) is 0.820. The number of rotatable bonds is 5. The van der Waals surface area contributed by atoms with Crippen LogP contribution in [-0.2, 0) is 5.75 Å². The molecule has 0 amide bonds. The molecular weight excluding hydrogens is 336 g/mol. The predicted molar refractivity (Wildman–Crippen MR) is 98.3 cm³/mol. The van der Waals surface area contributed by atoms with Gasteiger partial charge in [0.15, 0.2) is 16.7 Å². The van der Waals surface area contributed by atoms with Crippen LogP contribution in [0.2, 0.25) is 0 Å². The van der Waals surface area contributed by atoms with Gasteiger partial charge >= 0.3 is 0 Å². The Balaban J connectivity index is 1.57. The van der Waals surface area contributed by atoms with Crippen LogP contribution in [0.5, 0.6) is 11.5 Å². The molecular formula is C18H16N4O2S. The summed E-state index contributed by atoms with van der Waals surface area (Å²) in [6, 6.07) is 11.6. The Morgan fingerprint density at radius 2 is 1.72 bits per heavy atom. The molecule has 2 aromatic heterocycles. The van der Waals surface area contributed by atoms with E-state index in [0.29, 0.717) is 17.3 Å². The fourth-order valence-electron chi connectivity index (χ4n) is 2.59. The van der Waals surface area contributed by atoms with Crippen LogP contribution in [0, 0.1) is 0 Å². The van der Waals surface area contributed by atoms with Gasteiger partial charge in [0.05, 0.1) is 42.0 Å². The van der Waals surface area contributed by atoms with Crippen LogP contribution in [0.15, 0.2) is 47.8 Å². The summed E-state index contributed by atoms with van der Waals surface area (Å²) in [5.74, 6) is 2.03. The highest BCUT2D eigenvalue weighted by Gasteiger charge is 2.11. The zero-order valence-electron chi connectivity index (χ0n) is 13.8. The van der Waals surface area contributed by atoms with Gasteiger partial charge in [-0.1, -0.05) is 23.9 Å². The number of hydrogen-bond acceptors (Lipinski definition) is 6. The maximum atomic E-state index is 5.33. The summed E-state index contributed by atoms with van der Waals surface area (Å²) in [4.78, 5) is 17.0. The van der Waals surface area contributed by atoms with Crippen LogP contribution < -0.4 is 9.47 Å². The predicted octanol–water partition coefficient (Wildman–Crippen LogP) is 3.82. The molecule has 0 aliphatic carbocycles. The van der Waals surface area contributed by atoms with E-state index in [1.807, 2.05) is 42.6 Å². The van der Waals surface area contributed by atoms with Gasteiger partial charge < -0.3 is 14.5 Å². The van der Waals surface area contributed by atoms with E-state index in [4.69, 9.17) is 9.47 Å². The molecule has 2 heterocycles. The number of hydrogen-bond donors (Lipinski definition) is 1. The molecule has 0 aliphatic heterocycles. The van der Waals surface area contributed by atoms with Crippen molar-refractivity contribution in [2.24, 2.45) is 0 Å². The van der Waals surface area contributed by atoms with Crippen molar-refractivity contribution in [3.8, 4) is 11.5 Å². The number of thioether (sulfide) groups is 1. The second kappa shape index (κ2) is 6.60. The summed E-state index contributed by atoms with van der Waals surface area (Å²) in [6.45, 7) is 0. The molecule has 0 saturated heterocycles. The first-order valence-corrected chi connectivity index (χ1v) is 8.70. The number of aromatic amines is 1. The fraction of sp³-hybridized carbons (Fsp3) is 0.167. The molecule has 0 spiro atoms. The average Bonchev–Trinajstić information content (AvgIpc) is 3.06. The molecule has 0 unspecified atom stereocenters. The molecule has 0 saturated carbocycles. The van der Waals surface area contributed by atoms with E-state index in [9.17, 15) is 0 Å². The number of nitrogens with one attached hydrogen (secondary N) is 1. The minimum atomic E-state index is 0.665. The van der Waals surface area contributed by atoms with Crippen molar-refractivity contribution in [2.75, 3.05) is 14.2 Å². The lowest BCUT2D eigenvalue weighted by atomic mass is 10.3. The molecule has 0 bridgehead atoms. The van der Waals surface area contributed by atoms with Crippen molar-refractivity contribution in [1.29, 1.82) is 0 Å². The summed E-state index contributed by atoms with van der Waals surface area (Å²) < 4.78 is 10.6. The largest absolute Gasteiger partial charge is 0.493 e. The lowest BCUT2D eigenvalue weighted by Gasteiger charge is -2.06. The Labute approximate surface area is 148 Å². The molecule has 25 heavy (non-hydrogen) atoms. The highest BCUT2D eigenvalue weighted by atomic mass is 32.2. The van der Waals surface area contributed by atoms with Gasteiger partial charge in [-0.2, -0.15) is 0 Å². The first-order chi connectivity index (χ1) is 12.3. The molecule has 4 aromatic rings. The molecule has 126 valence electrons. The third-order valence-corrected chi connectivity index (χ3v) is 4.73. The molecule has 7 heteroatoms. The summed E-state index contributed by atoms with van der Waals surface area (Å²) in [7, 11) is 3.23. The first-order valence-electron chi connectivity index (χ1n) is 7.72. The second-order valence-electron chi connectivity index (χ2n) is 5.41. The highest BCUT2D eigenvalue weighted by Crippen LogP contribution is 2.32. The van der Waals surface area contributed by atoms with Crippen molar-refractivity contribution in [3.05, 3.63) is 48.3 Å². The Morgan fingerprint density at radius 3 is 2.52 bits per heavy atom. The van der Waals surface area contributed by atoms with Crippen molar-refractivity contribution in [3.63, 3.8) is 0 Å². The minimum Gasteiger partial charge on any atom is -0.493 e. The van der Waals surface area contributed by atoms with Gasteiger partial charge in [-0.15, -0.1) is 0 Å². The van der Waals surface area contributed by atoms with Crippen molar-refractivity contribution >= 4 is 33.8 Å². The summed E-state index contributed by atoms with van der Waals surface area (Å²) >= 11 is 1.58.